The Morgan fingerprint density at radius 3 is 3.00 bits per heavy atom. The second-order valence-electron chi connectivity index (χ2n) is 3.76. The fourth-order valence-corrected chi connectivity index (χ4v) is 1.68. The molecule has 0 saturated carbocycles. The van der Waals surface area contributed by atoms with Crippen LogP contribution < -0.4 is 5.32 Å². The largest absolute Gasteiger partial charge is 0.379 e. The molecule has 2 nitrogen and oxygen atoms in total. The van der Waals surface area contributed by atoms with E-state index in [2.05, 4.69) is 19.2 Å². The highest BCUT2D eigenvalue weighted by molar-refractivity contribution is 4.75. The minimum absolute atomic E-state index is 0.602. The van der Waals surface area contributed by atoms with Crippen LogP contribution >= 0.6 is 0 Å². The molecule has 1 fully saturated rings. The first-order chi connectivity index (χ1) is 5.84. The Kier molecular flexibility index (Phi) is 4.62. The van der Waals surface area contributed by atoms with E-state index < -0.39 is 0 Å². The summed E-state index contributed by atoms with van der Waals surface area (Å²) >= 11 is 0. The normalized spacial score (nSPS) is 27.0. The van der Waals surface area contributed by atoms with Gasteiger partial charge in [0.15, 0.2) is 0 Å². The van der Waals surface area contributed by atoms with Crippen molar-refractivity contribution in [3.05, 3.63) is 0 Å². The van der Waals surface area contributed by atoms with Gasteiger partial charge in [0.05, 0.1) is 13.2 Å². The van der Waals surface area contributed by atoms with Crippen LogP contribution in [0.5, 0.6) is 0 Å². The second kappa shape index (κ2) is 5.55. The van der Waals surface area contributed by atoms with E-state index in [4.69, 9.17) is 4.74 Å². The fraction of sp³-hybridized carbons (Fsp3) is 1.00. The monoisotopic (exact) mass is 171 g/mol. The summed E-state index contributed by atoms with van der Waals surface area (Å²) in [5.41, 5.74) is 0. The molecule has 0 spiro atoms. The maximum absolute atomic E-state index is 5.42. The molecule has 1 saturated heterocycles. The van der Waals surface area contributed by atoms with E-state index in [0.29, 0.717) is 6.04 Å². The van der Waals surface area contributed by atoms with E-state index in [1.165, 1.54) is 19.3 Å². The summed E-state index contributed by atoms with van der Waals surface area (Å²) in [6.45, 7) is 7.39. The Balaban J connectivity index is 2.15. The van der Waals surface area contributed by atoms with Crippen molar-refractivity contribution in [1.29, 1.82) is 0 Å². The maximum atomic E-state index is 5.42. The molecule has 1 aliphatic heterocycles. The molecule has 0 aromatic heterocycles. The molecule has 1 N–H and O–H groups in total. The lowest BCUT2D eigenvalue weighted by molar-refractivity contribution is 0.0577. The average molecular weight is 171 g/mol. The number of rotatable bonds is 4. The van der Waals surface area contributed by atoms with Crippen LogP contribution in [0.25, 0.3) is 0 Å². The third-order valence-electron chi connectivity index (χ3n) is 2.65. The molecule has 12 heavy (non-hydrogen) atoms. The zero-order valence-corrected chi connectivity index (χ0v) is 8.31. The first kappa shape index (κ1) is 10.0. The van der Waals surface area contributed by atoms with Crippen LogP contribution in [-0.4, -0.2) is 25.8 Å². The second-order valence-corrected chi connectivity index (χ2v) is 3.76. The summed E-state index contributed by atoms with van der Waals surface area (Å²) in [6, 6.07) is 0.602. The predicted octanol–water partition coefficient (Wildman–Crippen LogP) is 1.80. The van der Waals surface area contributed by atoms with Gasteiger partial charge in [-0.25, -0.2) is 0 Å². The lowest BCUT2D eigenvalue weighted by Crippen LogP contribution is -2.45. The van der Waals surface area contributed by atoms with Crippen molar-refractivity contribution in [2.24, 2.45) is 5.92 Å². The van der Waals surface area contributed by atoms with Crippen LogP contribution in [0.2, 0.25) is 0 Å². The van der Waals surface area contributed by atoms with Crippen molar-refractivity contribution in [2.45, 2.75) is 39.2 Å². The number of ether oxygens (including phenoxy) is 1. The van der Waals surface area contributed by atoms with Gasteiger partial charge in [0.2, 0.25) is 0 Å². The van der Waals surface area contributed by atoms with Crippen molar-refractivity contribution in [3.8, 4) is 0 Å². The number of nitrogens with one attached hydrogen (secondary N) is 1. The van der Waals surface area contributed by atoms with E-state index >= 15 is 0 Å². The Bertz CT molecular complexity index is 110. The topological polar surface area (TPSA) is 21.3 Å². The third-order valence-corrected chi connectivity index (χ3v) is 2.65. The van der Waals surface area contributed by atoms with Crippen LogP contribution in [0.1, 0.15) is 33.1 Å². The van der Waals surface area contributed by atoms with Gasteiger partial charge in [-0.05, 0) is 12.3 Å². The van der Waals surface area contributed by atoms with Crippen LogP contribution in [0.3, 0.4) is 0 Å². The predicted molar refractivity (Wildman–Crippen MR) is 51.3 cm³/mol. The fourth-order valence-electron chi connectivity index (χ4n) is 1.68. The minimum Gasteiger partial charge on any atom is -0.379 e. The van der Waals surface area contributed by atoms with Crippen LogP contribution in [0, 0.1) is 5.92 Å². The van der Waals surface area contributed by atoms with Crippen molar-refractivity contribution in [1.82, 2.24) is 5.32 Å². The Morgan fingerprint density at radius 1 is 1.58 bits per heavy atom. The Labute approximate surface area is 75.7 Å². The lowest BCUT2D eigenvalue weighted by Gasteiger charge is -2.29. The van der Waals surface area contributed by atoms with Crippen molar-refractivity contribution >= 4 is 0 Å². The van der Waals surface area contributed by atoms with Gasteiger partial charge >= 0.3 is 0 Å². The average Bonchev–Trinajstić information content (AvgIpc) is 2.15. The molecule has 0 aliphatic carbocycles. The van der Waals surface area contributed by atoms with E-state index in [-0.39, 0.29) is 0 Å². The van der Waals surface area contributed by atoms with Gasteiger partial charge in [-0.2, -0.15) is 0 Å². The zero-order chi connectivity index (χ0) is 8.81. The van der Waals surface area contributed by atoms with Gasteiger partial charge in [0.25, 0.3) is 0 Å². The first-order valence-corrected chi connectivity index (χ1v) is 5.15. The van der Waals surface area contributed by atoms with Crippen LogP contribution in [0.4, 0.5) is 0 Å². The maximum Gasteiger partial charge on any atom is 0.0622 e. The highest BCUT2D eigenvalue weighted by atomic mass is 16.5. The van der Waals surface area contributed by atoms with Crippen molar-refractivity contribution in [3.63, 3.8) is 0 Å². The molecule has 2 heteroatoms. The molecule has 1 heterocycles. The summed E-state index contributed by atoms with van der Waals surface area (Å²) in [4.78, 5) is 0. The first-order valence-electron chi connectivity index (χ1n) is 5.15. The molecule has 0 radical (unpaired) electrons. The van der Waals surface area contributed by atoms with Crippen LogP contribution in [-0.2, 0) is 4.74 Å². The number of hydrogen-bond acceptors (Lipinski definition) is 2. The van der Waals surface area contributed by atoms with E-state index in [1.54, 1.807) is 0 Å². The molecule has 0 aromatic rings. The van der Waals surface area contributed by atoms with E-state index in [1.807, 2.05) is 0 Å². The highest BCUT2D eigenvalue weighted by Crippen LogP contribution is 2.13. The van der Waals surface area contributed by atoms with Gasteiger partial charge in [0.1, 0.15) is 0 Å². The third kappa shape index (κ3) is 3.11. The standard InChI is InChI=1S/C10H21NO/c1-3-4-5-9(2)10-8-12-7-6-11-10/h9-11H,3-8H2,1-2H3. The van der Waals surface area contributed by atoms with Crippen LogP contribution in [0.15, 0.2) is 0 Å². The summed E-state index contributed by atoms with van der Waals surface area (Å²) in [5.74, 6) is 0.769. The Morgan fingerprint density at radius 2 is 2.42 bits per heavy atom. The van der Waals surface area contributed by atoms with Gasteiger partial charge in [0, 0.05) is 12.6 Å². The van der Waals surface area contributed by atoms with Gasteiger partial charge in [-0.3, -0.25) is 0 Å². The molecule has 0 bridgehead atoms. The quantitative estimate of drug-likeness (QED) is 0.696. The number of morpholine rings is 1. The SMILES string of the molecule is CCCCC(C)C1COCCN1. The van der Waals surface area contributed by atoms with Crippen molar-refractivity contribution in [2.75, 3.05) is 19.8 Å². The summed E-state index contributed by atoms with van der Waals surface area (Å²) < 4.78 is 5.42. The van der Waals surface area contributed by atoms with Gasteiger partial charge in [-0.1, -0.05) is 26.7 Å². The highest BCUT2D eigenvalue weighted by Gasteiger charge is 2.18. The molecule has 0 aromatic carbocycles. The molecular formula is C10H21NO. The molecule has 2 atom stereocenters. The Hall–Kier alpha value is -0.0800. The summed E-state index contributed by atoms with van der Waals surface area (Å²) in [6.07, 6.45) is 3.98. The lowest BCUT2D eigenvalue weighted by atomic mass is 9.96. The minimum atomic E-state index is 0.602. The molecule has 1 aliphatic rings. The molecule has 2 unspecified atom stereocenters. The molecule has 0 amide bonds. The number of unbranched alkanes of at least 4 members (excludes halogenated alkanes) is 1. The van der Waals surface area contributed by atoms with Crippen molar-refractivity contribution < 1.29 is 4.74 Å². The molecular weight excluding hydrogens is 150 g/mol. The van der Waals surface area contributed by atoms with Gasteiger partial charge in [-0.15, -0.1) is 0 Å². The summed E-state index contributed by atoms with van der Waals surface area (Å²) in [5, 5.41) is 3.50. The zero-order valence-electron chi connectivity index (χ0n) is 8.31. The molecule has 72 valence electrons. The molecule has 1 rings (SSSR count). The van der Waals surface area contributed by atoms with E-state index in [9.17, 15) is 0 Å². The number of hydrogen-bond donors (Lipinski definition) is 1. The van der Waals surface area contributed by atoms with Gasteiger partial charge < -0.3 is 10.1 Å². The smallest absolute Gasteiger partial charge is 0.0622 e. The van der Waals surface area contributed by atoms with E-state index in [0.717, 1.165) is 25.7 Å². The summed E-state index contributed by atoms with van der Waals surface area (Å²) in [7, 11) is 0.